The van der Waals surface area contributed by atoms with Crippen LogP contribution in [0.4, 0.5) is 4.79 Å². The predicted octanol–water partition coefficient (Wildman–Crippen LogP) is 6.46. The number of benzene rings is 4. The Kier molecular flexibility index (Phi) is 12.3. The number of urea groups is 1. The number of piperidine rings is 1. The molecule has 0 spiro atoms. The number of nitrogens with zero attached hydrogens (tertiary/aromatic N) is 1. The number of carbonyl (C=O) groups excluding carboxylic acids is 2. The number of aliphatic hydroxyl groups is 1. The van der Waals surface area contributed by atoms with Crippen LogP contribution in [0.1, 0.15) is 65.9 Å². The lowest BCUT2D eigenvalue weighted by molar-refractivity contribution is -0.253. The van der Waals surface area contributed by atoms with Crippen molar-refractivity contribution in [1.82, 2.24) is 15.5 Å². The van der Waals surface area contributed by atoms with Crippen LogP contribution in [0.25, 0.3) is 11.1 Å². The van der Waals surface area contributed by atoms with Gasteiger partial charge in [-0.25, -0.2) is 9.59 Å². The van der Waals surface area contributed by atoms with Crippen LogP contribution in [0, 0.1) is 0 Å². The third-order valence-electron chi connectivity index (χ3n) is 9.50. The lowest BCUT2D eigenvalue weighted by Crippen LogP contribution is -2.47. The summed E-state index contributed by atoms with van der Waals surface area (Å²) in [7, 11) is 1.32. The van der Waals surface area contributed by atoms with Gasteiger partial charge in [0.15, 0.2) is 6.29 Å². The minimum absolute atomic E-state index is 0.0167. The molecule has 0 bridgehead atoms. The highest BCUT2D eigenvalue weighted by Gasteiger charge is 2.33. The highest BCUT2D eigenvalue weighted by Crippen LogP contribution is 2.39. The molecular weight excluding hydrogens is 630 g/mol. The second-order valence-corrected chi connectivity index (χ2v) is 13.1. The first-order valence-electron chi connectivity index (χ1n) is 17.6. The molecule has 0 radical (unpaired) electrons. The van der Waals surface area contributed by atoms with Gasteiger partial charge in [-0.05, 0) is 65.4 Å². The van der Waals surface area contributed by atoms with E-state index in [4.69, 9.17) is 14.2 Å². The van der Waals surface area contributed by atoms with Gasteiger partial charge in [-0.2, -0.15) is 0 Å². The predicted molar refractivity (Wildman–Crippen MR) is 192 cm³/mol. The molecular formula is C41H47N3O6. The first kappa shape index (κ1) is 35.3. The maximum Gasteiger partial charge on any atom is 0.328 e. The number of aliphatic hydroxyl groups excluding tert-OH is 1. The second-order valence-electron chi connectivity index (χ2n) is 13.1. The summed E-state index contributed by atoms with van der Waals surface area (Å²) in [5, 5.41) is 15.2. The number of esters is 1. The van der Waals surface area contributed by atoms with Crippen molar-refractivity contribution in [2.24, 2.45) is 0 Å². The van der Waals surface area contributed by atoms with E-state index in [1.165, 1.54) is 26.4 Å². The molecule has 2 heterocycles. The third-order valence-corrected chi connectivity index (χ3v) is 9.50. The molecule has 2 aliphatic rings. The molecule has 2 fully saturated rings. The van der Waals surface area contributed by atoms with Gasteiger partial charge >= 0.3 is 12.0 Å². The summed E-state index contributed by atoms with van der Waals surface area (Å²) in [4.78, 5) is 27.7. The zero-order valence-corrected chi connectivity index (χ0v) is 28.6. The summed E-state index contributed by atoms with van der Waals surface area (Å²) >= 11 is 0. The monoisotopic (exact) mass is 677 g/mol. The number of likely N-dealkylation sites (tertiary alicyclic amines) is 1. The fraction of sp³-hybridized carbons (Fsp3) is 0.366. The van der Waals surface area contributed by atoms with E-state index in [-0.39, 0.29) is 18.8 Å². The Labute approximate surface area is 294 Å². The summed E-state index contributed by atoms with van der Waals surface area (Å²) in [6.07, 6.45) is 4.29. The highest BCUT2D eigenvalue weighted by molar-refractivity contribution is 5.83. The second kappa shape index (κ2) is 17.4. The normalized spacial score (nSPS) is 20.1. The average Bonchev–Trinajstić information content (AvgIpc) is 3.17. The van der Waals surface area contributed by atoms with Crippen LogP contribution in [-0.4, -0.2) is 60.9 Å². The number of hydrogen-bond donors (Lipinski definition) is 3. The first-order valence-corrected chi connectivity index (χ1v) is 17.6. The van der Waals surface area contributed by atoms with Gasteiger partial charge in [0.2, 0.25) is 0 Å². The molecule has 3 N–H and O–H groups in total. The lowest BCUT2D eigenvalue weighted by Gasteiger charge is -2.39. The van der Waals surface area contributed by atoms with Crippen LogP contribution < -0.4 is 10.6 Å². The van der Waals surface area contributed by atoms with Crippen molar-refractivity contribution in [2.45, 2.75) is 69.8 Å². The van der Waals surface area contributed by atoms with E-state index in [0.29, 0.717) is 13.0 Å². The molecule has 4 aromatic carbocycles. The number of ether oxygens (including phenoxy) is 3. The lowest BCUT2D eigenvalue weighted by atomic mass is 9.98. The Morgan fingerprint density at radius 1 is 0.820 bits per heavy atom. The Bertz CT molecular complexity index is 1680. The molecule has 0 aliphatic carbocycles. The van der Waals surface area contributed by atoms with Gasteiger partial charge < -0.3 is 34.9 Å². The van der Waals surface area contributed by atoms with Crippen LogP contribution >= 0.6 is 0 Å². The number of methoxy groups -OCH3 is 1. The van der Waals surface area contributed by atoms with Gasteiger partial charge in [-0.3, -0.25) is 0 Å². The van der Waals surface area contributed by atoms with E-state index in [2.05, 4.69) is 39.8 Å². The summed E-state index contributed by atoms with van der Waals surface area (Å²) in [5.74, 6) is -0.497. The zero-order chi connectivity index (χ0) is 34.7. The molecule has 50 heavy (non-hydrogen) atoms. The molecule has 262 valence electrons. The topological polar surface area (TPSA) is 109 Å². The molecule has 2 amide bonds. The fourth-order valence-corrected chi connectivity index (χ4v) is 6.73. The summed E-state index contributed by atoms with van der Waals surface area (Å²) in [6.45, 7) is 3.41. The smallest absolute Gasteiger partial charge is 0.328 e. The molecule has 9 nitrogen and oxygen atoms in total. The van der Waals surface area contributed by atoms with E-state index in [1.807, 2.05) is 78.9 Å². The Morgan fingerprint density at radius 2 is 1.54 bits per heavy atom. The number of rotatable bonds is 12. The molecule has 4 atom stereocenters. The van der Waals surface area contributed by atoms with Crippen molar-refractivity contribution >= 4 is 12.0 Å². The maximum atomic E-state index is 12.8. The van der Waals surface area contributed by atoms with Gasteiger partial charge in [-0.15, -0.1) is 0 Å². The molecule has 9 heteroatoms. The van der Waals surface area contributed by atoms with Gasteiger partial charge in [-0.1, -0.05) is 103 Å². The van der Waals surface area contributed by atoms with E-state index in [9.17, 15) is 14.7 Å². The summed E-state index contributed by atoms with van der Waals surface area (Å²) < 4.78 is 18.1. The van der Waals surface area contributed by atoms with Gasteiger partial charge in [0.05, 0.1) is 25.9 Å². The highest BCUT2D eigenvalue weighted by atomic mass is 16.7. The molecule has 0 aromatic heterocycles. The van der Waals surface area contributed by atoms with Gasteiger partial charge in [0, 0.05) is 31.5 Å². The average molecular weight is 678 g/mol. The molecule has 2 aliphatic heterocycles. The summed E-state index contributed by atoms with van der Waals surface area (Å²) in [5.41, 5.74) is 6.83. The van der Waals surface area contributed by atoms with Crippen molar-refractivity contribution < 1.29 is 28.9 Å². The Hall–Kier alpha value is -4.54. The van der Waals surface area contributed by atoms with Crippen molar-refractivity contribution in [3.05, 3.63) is 131 Å². The van der Waals surface area contributed by atoms with Crippen LogP contribution in [0.3, 0.4) is 0 Å². The third kappa shape index (κ3) is 9.57. The maximum absolute atomic E-state index is 12.8. The fourth-order valence-electron chi connectivity index (χ4n) is 6.73. The number of hydrogen-bond acceptors (Lipinski definition) is 7. The van der Waals surface area contributed by atoms with E-state index in [1.54, 1.807) is 0 Å². The van der Waals surface area contributed by atoms with E-state index in [0.717, 1.165) is 65.0 Å². The largest absolute Gasteiger partial charge is 0.467 e. The van der Waals surface area contributed by atoms with Crippen molar-refractivity contribution in [1.29, 1.82) is 0 Å². The quantitative estimate of drug-likeness (QED) is 0.148. The minimum Gasteiger partial charge on any atom is -0.467 e. The van der Waals surface area contributed by atoms with Crippen LogP contribution in [-0.2, 0) is 38.6 Å². The van der Waals surface area contributed by atoms with Gasteiger partial charge in [0.1, 0.15) is 6.04 Å². The zero-order valence-electron chi connectivity index (χ0n) is 28.6. The molecule has 2 saturated heterocycles. The molecule has 4 aromatic rings. The SMILES string of the molecule is COC(=O)[C@H](Cc1ccccc1)NC(=O)NCc1cccc(-c2ccc([C@@H]3O[C@H](CN4CCCCC4)C[C@H](c4ccc(CO)cc4)O3)cc2)c1. The number of nitrogens with one attached hydrogen (secondary N) is 2. The molecule has 0 saturated carbocycles. The van der Waals surface area contributed by atoms with Crippen LogP contribution in [0.15, 0.2) is 103 Å². The van der Waals surface area contributed by atoms with Gasteiger partial charge in [0.25, 0.3) is 0 Å². The van der Waals surface area contributed by atoms with Crippen LogP contribution in [0.5, 0.6) is 0 Å². The molecule has 6 rings (SSSR count). The first-order chi connectivity index (χ1) is 24.5. The number of carbonyl (C=O) groups is 2. The standard InChI is InChI=1S/C41H47N3O6/c1-48-39(46)37(24-29-9-4-2-5-10-29)43-41(47)42-26-31-11-8-12-35(23-31)32-17-19-34(20-18-32)40-49-36(27-44-21-6-3-7-22-44)25-38(50-40)33-15-13-30(28-45)14-16-33/h2,4-5,8-20,23,36-38,40,45H,3,6-7,21-22,24-28H2,1H3,(H2,42,43,47)/t36-,37-,38+,40+/m0/s1. The Morgan fingerprint density at radius 3 is 2.26 bits per heavy atom. The van der Waals surface area contributed by atoms with E-state index < -0.39 is 24.3 Å². The van der Waals surface area contributed by atoms with Crippen molar-refractivity contribution in [2.75, 3.05) is 26.7 Å². The van der Waals surface area contributed by atoms with E-state index >= 15 is 0 Å². The van der Waals surface area contributed by atoms with Crippen LogP contribution in [0.2, 0.25) is 0 Å². The molecule has 0 unspecified atom stereocenters. The van der Waals surface area contributed by atoms with Crippen molar-refractivity contribution in [3.8, 4) is 11.1 Å². The summed E-state index contributed by atoms with van der Waals surface area (Å²) in [6, 6.07) is 32.6. The minimum atomic E-state index is -0.800. The number of amides is 2. The Balaban J connectivity index is 1.10. The van der Waals surface area contributed by atoms with Crippen molar-refractivity contribution in [3.63, 3.8) is 0 Å².